The Morgan fingerprint density at radius 1 is 1.26 bits per heavy atom. The van der Waals surface area contributed by atoms with Gasteiger partial charge in [0.1, 0.15) is 17.3 Å². The van der Waals surface area contributed by atoms with E-state index in [4.69, 9.17) is 17.0 Å². The Morgan fingerprint density at radius 3 is 2.68 bits per heavy atom. The molecule has 0 aliphatic carbocycles. The highest BCUT2D eigenvalue weighted by atomic mass is 19.1. The van der Waals surface area contributed by atoms with Crippen LogP contribution in [0, 0.1) is 29.9 Å². The highest BCUT2D eigenvalue weighted by Gasteiger charge is 2.35. The summed E-state index contributed by atoms with van der Waals surface area (Å²) in [6.07, 6.45) is 7.41. The average molecular weight is 426 g/mol. The first-order chi connectivity index (χ1) is 14.8. The van der Waals surface area contributed by atoms with Gasteiger partial charge in [-0.2, -0.15) is 0 Å². The molecule has 2 heterocycles. The van der Waals surface area contributed by atoms with Gasteiger partial charge in [-0.25, -0.2) is 18.6 Å². The van der Waals surface area contributed by atoms with E-state index >= 15 is 0 Å². The van der Waals surface area contributed by atoms with Crippen LogP contribution in [0.4, 0.5) is 8.78 Å². The molecule has 1 aromatic carbocycles. The first-order valence-corrected chi connectivity index (χ1v) is 9.53. The summed E-state index contributed by atoms with van der Waals surface area (Å²) >= 11 is 0. The second kappa shape index (κ2) is 9.34. The van der Waals surface area contributed by atoms with Gasteiger partial charge in [-0.05, 0) is 50.1 Å². The lowest BCUT2D eigenvalue weighted by molar-refractivity contribution is -0.150. The monoisotopic (exact) mass is 426 g/mol. The number of aromatic nitrogens is 1. The van der Waals surface area contributed by atoms with Crippen LogP contribution in [0.15, 0.2) is 41.7 Å². The van der Waals surface area contributed by atoms with Crippen LogP contribution in [0.3, 0.4) is 0 Å². The first kappa shape index (κ1) is 21.9. The summed E-state index contributed by atoms with van der Waals surface area (Å²) in [6.45, 7) is 1.94. The van der Waals surface area contributed by atoms with Crippen LogP contribution in [-0.4, -0.2) is 40.2 Å². The normalized spacial score (nSPS) is 18.9. The number of rotatable bonds is 4. The summed E-state index contributed by atoms with van der Waals surface area (Å²) < 4.78 is 26.4. The molecule has 2 atom stereocenters. The van der Waals surface area contributed by atoms with Crippen molar-refractivity contribution in [1.82, 2.24) is 9.88 Å². The van der Waals surface area contributed by atoms with Crippen molar-refractivity contribution in [3.63, 3.8) is 0 Å². The Labute approximate surface area is 177 Å². The van der Waals surface area contributed by atoms with Crippen LogP contribution in [0.25, 0.3) is 0 Å². The zero-order chi connectivity index (χ0) is 22.5. The van der Waals surface area contributed by atoms with E-state index in [1.54, 1.807) is 0 Å². The lowest BCUT2D eigenvalue weighted by atomic mass is 9.92. The number of hydrogen-bond acceptors (Lipinski definition) is 5. The number of likely N-dealkylation sites (tertiary alicyclic amines) is 1. The molecule has 1 aliphatic rings. The van der Waals surface area contributed by atoms with Gasteiger partial charge in [0.05, 0.1) is 17.7 Å². The van der Waals surface area contributed by atoms with Crippen LogP contribution in [0.5, 0.6) is 0 Å². The molecule has 3 rings (SSSR count). The Morgan fingerprint density at radius 2 is 2.00 bits per heavy atom. The zero-order valence-corrected chi connectivity index (χ0v) is 16.7. The van der Waals surface area contributed by atoms with Crippen LogP contribution in [0.1, 0.15) is 41.4 Å². The molecule has 7 nitrogen and oxygen atoms in total. The van der Waals surface area contributed by atoms with Crippen molar-refractivity contribution >= 4 is 17.7 Å². The second-order valence-electron chi connectivity index (χ2n) is 7.16. The van der Waals surface area contributed by atoms with Gasteiger partial charge in [0.2, 0.25) is 0 Å². The molecule has 1 fully saturated rings. The van der Waals surface area contributed by atoms with Crippen LogP contribution >= 0.6 is 0 Å². The number of terminal acetylenes is 1. The van der Waals surface area contributed by atoms with E-state index in [-0.39, 0.29) is 35.2 Å². The number of amidine groups is 1. The van der Waals surface area contributed by atoms with Gasteiger partial charge in [-0.1, -0.05) is 11.1 Å². The molecule has 9 heteroatoms. The van der Waals surface area contributed by atoms with E-state index in [0.717, 1.165) is 24.4 Å². The minimum Gasteiger partial charge on any atom is -0.379 e. The van der Waals surface area contributed by atoms with Crippen molar-refractivity contribution in [3.05, 3.63) is 65.0 Å². The molecule has 0 radical (unpaired) electrons. The number of oxime groups is 1. The summed E-state index contributed by atoms with van der Waals surface area (Å²) in [5, 5.41) is 3.57. The third-order valence-electron chi connectivity index (χ3n) is 5.07. The quantitative estimate of drug-likeness (QED) is 0.266. The van der Waals surface area contributed by atoms with E-state index < -0.39 is 29.4 Å². The van der Waals surface area contributed by atoms with Crippen molar-refractivity contribution in [2.24, 2.45) is 16.8 Å². The van der Waals surface area contributed by atoms with Crippen molar-refractivity contribution in [2.45, 2.75) is 25.8 Å². The number of carbonyl (C=O) groups excluding carboxylic acids is 2. The van der Waals surface area contributed by atoms with Crippen molar-refractivity contribution in [2.75, 3.05) is 6.54 Å². The van der Waals surface area contributed by atoms with E-state index in [0.29, 0.717) is 12.8 Å². The summed E-state index contributed by atoms with van der Waals surface area (Å²) in [5.74, 6) is -0.629. The van der Waals surface area contributed by atoms with Gasteiger partial charge < -0.3 is 15.5 Å². The Bertz CT molecular complexity index is 1060. The number of halogens is 2. The molecule has 1 amide bonds. The fraction of sp³-hybridized carbons (Fsp3) is 0.273. The zero-order valence-electron chi connectivity index (χ0n) is 16.7. The van der Waals surface area contributed by atoms with Gasteiger partial charge in [-0.15, -0.1) is 6.42 Å². The maximum Gasteiger partial charge on any atom is 0.339 e. The maximum atomic E-state index is 13.4. The van der Waals surface area contributed by atoms with Crippen molar-refractivity contribution in [1.29, 1.82) is 0 Å². The Balaban J connectivity index is 1.71. The molecule has 1 unspecified atom stereocenters. The van der Waals surface area contributed by atoms with E-state index in [9.17, 15) is 18.4 Å². The largest absolute Gasteiger partial charge is 0.379 e. The lowest BCUT2D eigenvalue weighted by Crippen LogP contribution is -2.47. The first-order valence-electron chi connectivity index (χ1n) is 9.53. The SMILES string of the molecule is C#Cc1cc(F)ccc1C(=O)N1CC(C(=O)O/N=C(\N)c2ccc(F)cn2)CC[C@H]1C. The molecule has 1 aromatic heterocycles. The van der Waals surface area contributed by atoms with Gasteiger partial charge >= 0.3 is 5.97 Å². The molecule has 0 bridgehead atoms. The van der Waals surface area contributed by atoms with Crippen molar-refractivity contribution in [3.8, 4) is 12.3 Å². The average Bonchev–Trinajstić information content (AvgIpc) is 2.77. The topological polar surface area (TPSA) is 97.9 Å². The van der Waals surface area contributed by atoms with Gasteiger partial charge in [0.15, 0.2) is 5.84 Å². The standard InChI is InChI=1S/C22H20F2N4O3/c1-3-14-10-16(23)6-8-18(14)21(29)28-12-15(5-4-13(28)2)22(30)31-27-20(25)19-9-7-17(24)11-26-19/h1,6-11,13,15H,4-5,12H2,2H3,(H2,25,27)/t13-,15?/m1/s1. The number of pyridine rings is 1. The number of benzene rings is 1. The van der Waals surface area contributed by atoms with E-state index in [1.807, 2.05) is 6.92 Å². The smallest absolute Gasteiger partial charge is 0.339 e. The number of nitrogens with zero attached hydrogens (tertiary/aromatic N) is 3. The molecule has 1 saturated heterocycles. The van der Waals surface area contributed by atoms with Gasteiger partial charge in [0.25, 0.3) is 5.91 Å². The molecule has 0 spiro atoms. The minimum atomic E-state index is -0.661. The number of carbonyl (C=O) groups is 2. The second-order valence-corrected chi connectivity index (χ2v) is 7.16. The van der Waals surface area contributed by atoms with Crippen molar-refractivity contribution < 1.29 is 23.2 Å². The summed E-state index contributed by atoms with van der Waals surface area (Å²) in [7, 11) is 0. The third kappa shape index (κ3) is 5.04. The van der Waals surface area contributed by atoms with Gasteiger partial charge in [0, 0.05) is 18.2 Å². The van der Waals surface area contributed by atoms with Crippen LogP contribution < -0.4 is 5.73 Å². The summed E-state index contributed by atoms with van der Waals surface area (Å²) in [6, 6.07) is 5.92. The fourth-order valence-corrected chi connectivity index (χ4v) is 3.30. The van der Waals surface area contributed by atoms with E-state index in [2.05, 4.69) is 16.1 Å². The van der Waals surface area contributed by atoms with Crippen LogP contribution in [0.2, 0.25) is 0 Å². The maximum absolute atomic E-state index is 13.4. The fourth-order valence-electron chi connectivity index (χ4n) is 3.30. The van der Waals surface area contributed by atoms with E-state index in [1.165, 1.54) is 17.0 Å². The number of hydrogen-bond donors (Lipinski definition) is 1. The predicted molar refractivity (Wildman–Crippen MR) is 109 cm³/mol. The molecule has 2 aromatic rings. The molecular weight excluding hydrogens is 406 g/mol. The minimum absolute atomic E-state index is 0.0877. The molecular formula is C22H20F2N4O3. The Hall–Kier alpha value is -3.80. The van der Waals surface area contributed by atoms with Gasteiger partial charge in [-0.3, -0.25) is 4.79 Å². The summed E-state index contributed by atoms with van der Waals surface area (Å²) in [5.41, 5.74) is 6.20. The number of piperidine rings is 1. The molecule has 1 aliphatic heterocycles. The third-order valence-corrected chi connectivity index (χ3v) is 5.07. The van der Waals surface area contributed by atoms with Crippen LogP contribution in [-0.2, 0) is 9.63 Å². The predicted octanol–water partition coefficient (Wildman–Crippen LogP) is 2.45. The molecule has 2 N–H and O–H groups in total. The lowest BCUT2D eigenvalue weighted by Gasteiger charge is -2.37. The molecule has 31 heavy (non-hydrogen) atoms. The number of amides is 1. The highest BCUT2D eigenvalue weighted by Crippen LogP contribution is 2.26. The molecule has 0 saturated carbocycles. The molecule has 160 valence electrons. The highest BCUT2D eigenvalue weighted by molar-refractivity contribution is 5.97. The Kier molecular flexibility index (Phi) is 6.60. The summed E-state index contributed by atoms with van der Waals surface area (Å²) in [4.78, 5) is 35.7. The number of nitrogens with two attached hydrogens (primary N) is 1.